The molecule has 9 nitrogen and oxygen atoms in total. The van der Waals surface area contributed by atoms with Crippen LogP contribution in [0, 0.1) is 0 Å². The summed E-state index contributed by atoms with van der Waals surface area (Å²) in [6.07, 6.45) is 0.557. The van der Waals surface area contributed by atoms with E-state index in [9.17, 15) is 14.4 Å². The van der Waals surface area contributed by atoms with Crippen LogP contribution < -0.4 is 5.32 Å². The maximum Gasteiger partial charge on any atom is 0.412 e. The predicted molar refractivity (Wildman–Crippen MR) is 125 cm³/mol. The lowest BCUT2D eigenvalue weighted by atomic mass is 10.2. The molecule has 3 rings (SSSR count). The second kappa shape index (κ2) is 10.7. The Hall–Kier alpha value is -4.14. The van der Waals surface area contributed by atoms with Gasteiger partial charge in [0.15, 0.2) is 0 Å². The molecule has 9 heteroatoms. The van der Waals surface area contributed by atoms with E-state index in [0.29, 0.717) is 16.6 Å². The molecule has 0 fully saturated rings. The van der Waals surface area contributed by atoms with Crippen molar-refractivity contribution in [2.75, 3.05) is 7.11 Å². The fourth-order valence-electron chi connectivity index (χ4n) is 3.14. The fraction of sp³-hybridized carbons (Fsp3) is 0.280. The standard InChI is InChI=1S/C25H27N3O6/c1-25(2,3)34-22(29)15-28-21-13-9-8-12-18(21)19(27-28)14-20(23(30)32-4)26-24(31)33-16-17-10-6-5-7-11-17/h5-14H,15-16H2,1-4H3,(H,26,31)/b20-14-. The van der Waals surface area contributed by atoms with E-state index in [2.05, 4.69) is 10.4 Å². The van der Waals surface area contributed by atoms with Crippen molar-refractivity contribution in [1.29, 1.82) is 0 Å². The number of alkyl carbamates (subject to hydrolysis) is 1. The number of carbonyl (C=O) groups excluding carboxylic acids is 3. The predicted octanol–water partition coefficient (Wildman–Crippen LogP) is 3.82. The molecule has 1 aromatic heterocycles. The quantitative estimate of drug-likeness (QED) is 0.321. The molecule has 3 aromatic rings. The third-order valence-electron chi connectivity index (χ3n) is 4.52. The number of hydrogen-bond acceptors (Lipinski definition) is 7. The molecule has 0 bridgehead atoms. The first-order chi connectivity index (χ1) is 16.2. The number of fused-ring (bicyclic) bond motifs is 1. The smallest absolute Gasteiger partial charge is 0.412 e. The summed E-state index contributed by atoms with van der Waals surface area (Å²) in [7, 11) is 1.20. The highest BCUT2D eigenvalue weighted by molar-refractivity contribution is 5.99. The van der Waals surface area contributed by atoms with Gasteiger partial charge in [-0.15, -0.1) is 0 Å². The van der Waals surface area contributed by atoms with E-state index in [-0.39, 0.29) is 18.8 Å². The molecule has 1 N–H and O–H groups in total. The zero-order chi connectivity index (χ0) is 24.7. The van der Waals surface area contributed by atoms with Gasteiger partial charge >= 0.3 is 18.0 Å². The molecule has 34 heavy (non-hydrogen) atoms. The lowest BCUT2D eigenvalue weighted by Crippen LogP contribution is -2.28. The van der Waals surface area contributed by atoms with Crippen LogP contribution in [0.4, 0.5) is 4.79 Å². The molecule has 0 saturated carbocycles. The Morgan fingerprint density at radius 1 is 1.03 bits per heavy atom. The van der Waals surface area contributed by atoms with Crippen molar-refractivity contribution in [3.8, 4) is 0 Å². The molecule has 0 atom stereocenters. The Morgan fingerprint density at radius 2 is 1.71 bits per heavy atom. The lowest BCUT2D eigenvalue weighted by Gasteiger charge is -2.19. The van der Waals surface area contributed by atoms with Crippen molar-refractivity contribution >= 4 is 35.0 Å². The van der Waals surface area contributed by atoms with Crippen LogP contribution in [-0.4, -0.2) is 40.5 Å². The van der Waals surface area contributed by atoms with E-state index < -0.39 is 23.6 Å². The molecule has 2 aromatic carbocycles. The number of ether oxygens (including phenoxy) is 3. The monoisotopic (exact) mass is 465 g/mol. The van der Waals surface area contributed by atoms with E-state index in [4.69, 9.17) is 14.2 Å². The molecule has 0 spiro atoms. The Kier molecular flexibility index (Phi) is 7.68. The molecule has 0 radical (unpaired) electrons. The first kappa shape index (κ1) is 24.5. The van der Waals surface area contributed by atoms with Gasteiger partial charge in [0.2, 0.25) is 0 Å². The van der Waals surface area contributed by atoms with Gasteiger partial charge in [-0.25, -0.2) is 9.59 Å². The Morgan fingerprint density at radius 3 is 2.38 bits per heavy atom. The molecule has 1 amide bonds. The van der Waals surface area contributed by atoms with Crippen LogP contribution in [0.2, 0.25) is 0 Å². The van der Waals surface area contributed by atoms with Gasteiger partial charge in [0.05, 0.1) is 18.3 Å². The lowest BCUT2D eigenvalue weighted by molar-refractivity contribution is -0.155. The van der Waals surface area contributed by atoms with Crippen molar-refractivity contribution in [2.45, 2.75) is 39.5 Å². The zero-order valence-electron chi connectivity index (χ0n) is 19.5. The van der Waals surface area contributed by atoms with Crippen LogP contribution in [0.15, 0.2) is 60.3 Å². The van der Waals surface area contributed by atoms with E-state index >= 15 is 0 Å². The summed E-state index contributed by atoms with van der Waals surface area (Å²) in [4.78, 5) is 37.0. The summed E-state index contributed by atoms with van der Waals surface area (Å²) in [5, 5.41) is 7.55. The van der Waals surface area contributed by atoms with Gasteiger partial charge in [-0.1, -0.05) is 48.5 Å². The number of nitrogens with zero attached hydrogens (tertiary/aromatic N) is 2. The maximum atomic E-state index is 12.3. The molecule has 1 heterocycles. The average molecular weight is 466 g/mol. The van der Waals surface area contributed by atoms with Crippen LogP contribution in [0.1, 0.15) is 32.0 Å². The van der Waals surface area contributed by atoms with Gasteiger partial charge < -0.3 is 14.2 Å². The van der Waals surface area contributed by atoms with E-state index in [0.717, 1.165) is 5.56 Å². The van der Waals surface area contributed by atoms with Gasteiger partial charge in [-0.05, 0) is 38.5 Å². The number of esters is 2. The molecule has 0 aliphatic rings. The van der Waals surface area contributed by atoms with E-state index in [1.165, 1.54) is 17.9 Å². The van der Waals surface area contributed by atoms with Crippen molar-refractivity contribution in [2.24, 2.45) is 0 Å². The molecule has 178 valence electrons. The number of nitrogens with one attached hydrogen (secondary N) is 1. The van der Waals surface area contributed by atoms with Crippen LogP contribution in [0.25, 0.3) is 17.0 Å². The number of hydrogen-bond donors (Lipinski definition) is 1. The van der Waals surface area contributed by atoms with Gasteiger partial charge in [-0.3, -0.25) is 14.8 Å². The zero-order valence-corrected chi connectivity index (χ0v) is 19.5. The van der Waals surface area contributed by atoms with E-state index in [1.54, 1.807) is 39.0 Å². The normalized spacial score (nSPS) is 11.7. The number of para-hydroxylation sites is 1. The molecule has 0 unspecified atom stereocenters. The van der Waals surface area contributed by atoms with Crippen LogP contribution in [-0.2, 0) is 37.0 Å². The molecular formula is C25H27N3O6. The van der Waals surface area contributed by atoms with Crippen LogP contribution in [0.5, 0.6) is 0 Å². The largest absolute Gasteiger partial charge is 0.464 e. The van der Waals surface area contributed by atoms with Crippen LogP contribution in [0.3, 0.4) is 0 Å². The minimum atomic E-state index is -0.821. The number of rotatable bonds is 7. The summed E-state index contributed by atoms with van der Waals surface area (Å²) in [6.45, 7) is 5.27. The third-order valence-corrected chi connectivity index (χ3v) is 4.52. The van der Waals surface area contributed by atoms with Crippen molar-refractivity contribution in [1.82, 2.24) is 15.1 Å². The summed E-state index contributed by atoms with van der Waals surface area (Å²) in [5.41, 5.74) is 1.03. The number of carbonyl (C=O) groups is 3. The highest BCUT2D eigenvalue weighted by atomic mass is 16.6. The van der Waals surface area contributed by atoms with Gasteiger partial charge in [0.25, 0.3) is 0 Å². The number of aromatic nitrogens is 2. The van der Waals surface area contributed by atoms with Gasteiger partial charge in [0.1, 0.15) is 24.4 Å². The summed E-state index contributed by atoms with van der Waals surface area (Å²) < 4.78 is 16.9. The SMILES string of the molecule is COC(=O)/C(=C/c1nn(CC(=O)OC(C)(C)C)c2ccccc12)NC(=O)OCc1ccccc1. The maximum absolute atomic E-state index is 12.3. The highest BCUT2D eigenvalue weighted by Gasteiger charge is 2.20. The van der Waals surface area contributed by atoms with Gasteiger partial charge in [-0.2, -0.15) is 5.10 Å². The van der Waals surface area contributed by atoms with E-state index in [1.807, 2.05) is 36.4 Å². The van der Waals surface area contributed by atoms with Crippen LogP contribution >= 0.6 is 0 Å². The Bertz CT molecular complexity index is 1210. The number of methoxy groups -OCH3 is 1. The molecule has 0 aliphatic heterocycles. The first-order valence-electron chi connectivity index (χ1n) is 10.6. The minimum Gasteiger partial charge on any atom is -0.464 e. The molecular weight excluding hydrogens is 438 g/mol. The van der Waals surface area contributed by atoms with Gasteiger partial charge in [0, 0.05) is 5.39 Å². The minimum absolute atomic E-state index is 0.0363. The highest BCUT2D eigenvalue weighted by Crippen LogP contribution is 2.21. The second-order valence-electron chi connectivity index (χ2n) is 8.38. The van der Waals surface area contributed by atoms with Crippen molar-refractivity contribution in [3.05, 3.63) is 71.6 Å². The summed E-state index contributed by atoms with van der Waals surface area (Å²) in [5.74, 6) is -1.23. The Labute approximate surface area is 197 Å². The second-order valence-corrected chi connectivity index (χ2v) is 8.38. The summed E-state index contributed by atoms with van der Waals surface area (Å²) in [6, 6.07) is 16.3. The fourth-order valence-corrected chi connectivity index (χ4v) is 3.14. The average Bonchev–Trinajstić information content (AvgIpc) is 3.13. The Balaban J connectivity index is 1.85. The number of amides is 1. The third kappa shape index (κ3) is 6.68. The first-order valence-corrected chi connectivity index (χ1v) is 10.6. The topological polar surface area (TPSA) is 109 Å². The van der Waals surface area contributed by atoms with Crippen molar-refractivity contribution in [3.63, 3.8) is 0 Å². The molecule has 0 aliphatic carbocycles. The van der Waals surface area contributed by atoms with Crippen molar-refractivity contribution < 1.29 is 28.6 Å². The summed E-state index contributed by atoms with van der Waals surface area (Å²) >= 11 is 0. The number of benzene rings is 2. The molecule has 0 saturated heterocycles.